The molecule has 0 aliphatic heterocycles. The Morgan fingerprint density at radius 2 is 1.74 bits per heavy atom. The van der Waals surface area contributed by atoms with E-state index < -0.39 is 6.10 Å². The molecule has 2 aromatic carbocycles. The van der Waals surface area contributed by atoms with Gasteiger partial charge in [-0.3, -0.25) is 4.79 Å². The SMILES string of the molecule is Cc1cc(C)cc(O[C@@H](C)C(=O)NCCc2ccc(F)cc2)c1. The summed E-state index contributed by atoms with van der Waals surface area (Å²) in [5.41, 5.74) is 3.18. The Bertz CT molecular complexity index is 647. The molecular formula is C19H22FNO2. The van der Waals surface area contributed by atoms with Crippen LogP contribution in [0.3, 0.4) is 0 Å². The fourth-order valence-electron chi connectivity index (χ4n) is 2.38. The van der Waals surface area contributed by atoms with E-state index >= 15 is 0 Å². The second-order valence-electron chi connectivity index (χ2n) is 5.75. The van der Waals surface area contributed by atoms with Gasteiger partial charge < -0.3 is 10.1 Å². The van der Waals surface area contributed by atoms with Crippen molar-refractivity contribution in [2.75, 3.05) is 6.54 Å². The van der Waals surface area contributed by atoms with Gasteiger partial charge in [-0.2, -0.15) is 0 Å². The van der Waals surface area contributed by atoms with Gasteiger partial charge in [0.25, 0.3) is 5.91 Å². The molecule has 0 bridgehead atoms. The first-order valence-corrected chi connectivity index (χ1v) is 7.71. The second kappa shape index (κ2) is 7.77. The highest BCUT2D eigenvalue weighted by molar-refractivity contribution is 5.80. The average Bonchev–Trinajstić information content (AvgIpc) is 2.48. The van der Waals surface area contributed by atoms with Gasteiger partial charge >= 0.3 is 0 Å². The van der Waals surface area contributed by atoms with Crippen LogP contribution < -0.4 is 10.1 Å². The number of hydrogen-bond acceptors (Lipinski definition) is 2. The van der Waals surface area contributed by atoms with E-state index in [4.69, 9.17) is 4.74 Å². The third-order valence-electron chi connectivity index (χ3n) is 3.50. The molecule has 0 radical (unpaired) electrons. The van der Waals surface area contributed by atoms with Gasteiger partial charge in [0.15, 0.2) is 6.10 Å². The summed E-state index contributed by atoms with van der Waals surface area (Å²) < 4.78 is 18.5. The Balaban J connectivity index is 1.81. The summed E-state index contributed by atoms with van der Waals surface area (Å²) in [5, 5.41) is 2.84. The van der Waals surface area contributed by atoms with Crippen molar-refractivity contribution in [1.82, 2.24) is 5.32 Å². The first kappa shape index (κ1) is 17.0. The first-order valence-electron chi connectivity index (χ1n) is 7.71. The zero-order chi connectivity index (χ0) is 16.8. The van der Waals surface area contributed by atoms with E-state index in [1.807, 2.05) is 26.0 Å². The van der Waals surface area contributed by atoms with Crippen LogP contribution in [-0.2, 0) is 11.2 Å². The van der Waals surface area contributed by atoms with Gasteiger partial charge in [-0.05, 0) is 68.1 Å². The number of ether oxygens (including phenoxy) is 1. The Labute approximate surface area is 136 Å². The fraction of sp³-hybridized carbons (Fsp3) is 0.316. The Morgan fingerprint density at radius 1 is 1.13 bits per heavy atom. The Morgan fingerprint density at radius 3 is 2.35 bits per heavy atom. The van der Waals surface area contributed by atoms with Gasteiger partial charge in [0.1, 0.15) is 11.6 Å². The van der Waals surface area contributed by atoms with E-state index in [9.17, 15) is 9.18 Å². The molecular weight excluding hydrogens is 293 g/mol. The van der Waals surface area contributed by atoms with Crippen LogP contribution in [0.25, 0.3) is 0 Å². The molecule has 1 N–H and O–H groups in total. The van der Waals surface area contributed by atoms with Gasteiger partial charge in [0, 0.05) is 6.54 Å². The standard InChI is InChI=1S/C19H22FNO2/c1-13-10-14(2)12-18(11-13)23-15(3)19(22)21-9-8-16-4-6-17(20)7-5-16/h4-7,10-12,15H,8-9H2,1-3H3,(H,21,22)/t15-/m0/s1. The largest absolute Gasteiger partial charge is 0.481 e. The van der Waals surface area contributed by atoms with Crippen molar-refractivity contribution >= 4 is 5.91 Å². The van der Waals surface area contributed by atoms with Crippen LogP contribution in [0.4, 0.5) is 4.39 Å². The fourth-order valence-corrected chi connectivity index (χ4v) is 2.38. The summed E-state index contributed by atoms with van der Waals surface area (Å²) in [4.78, 5) is 12.1. The number of benzene rings is 2. The van der Waals surface area contributed by atoms with Crippen molar-refractivity contribution in [2.45, 2.75) is 33.3 Å². The van der Waals surface area contributed by atoms with E-state index in [1.54, 1.807) is 19.1 Å². The zero-order valence-electron chi connectivity index (χ0n) is 13.7. The van der Waals surface area contributed by atoms with E-state index in [2.05, 4.69) is 11.4 Å². The lowest BCUT2D eigenvalue weighted by Crippen LogP contribution is -2.37. The number of halogens is 1. The van der Waals surface area contributed by atoms with Crippen LogP contribution in [0.5, 0.6) is 5.75 Å². The van der Waals surface area contributed by atoms with E-state index in [-0.39, 0.29) is 11.7 Å². The Hall–Kier alpha value is -2.36. The molecule has 2 rings (SSSR count). The summed E-state index contributed by atoms with van der Waals surface area (Å²) in [6.45, 7) is 6.20. The molecule has 0 heterocycles. The average molecular weight is 315 g/mol. The summed E-state index contributed by atoms with van der Waals surface area (Å²) in [5.74, 6) is 0.281. The van der Waals surface area contributed by atoms with Crippen molar-refractivity contribution in [2.24, 2.45) is 0 Å². The molecule has 122 valence electrons. The minimum atomic E-state index is -0.565. The quantitative estimate of drug-likeness (QED) is 0.885. The van der Waals surface area contributed by atoms with E-state index in [0.717, 1.165) is 16.7 Å². The predicted octanol–water partition coefficient (Wildman–Crippen LogP) is 3.57. The van der Waals surface area contributed by atoms with Gasteiger partial charge in [-0.15, -0.1) is 0 Å². The molecule has 23 heavy (non-hydrogen) atoms. The van der Waals surface area contributed by atoms with Crippen molar-refractivity contribution in [3.05, 3.63) is 65.0 Å². The summed E-state index contributed by atoms with van der Waals surface area (Å²) in [6.07, 6.45) is 0.0897. The normalized spacial score (nSPS) is 11.8. The number of nitrogens with one attached hydrogen (secondary N) is 1. The molecule has 4 heteroatoms. The predicted molar refractivity (Wildman–Crippen MR) is 89.1 cm³/mol. The van der Waals surface area contributed by atoms with E-state index in [1.165, 1.54) is 12.1 Å². The van der Waals surface area contributed by atoms with Gasteiger partial charge in [-0.1, -0.05) is 18.2 Å². The maximum Gasteiger partial charge on any atom is 0.260 e. The van der Waals surface area contributed by atoms with Crippen LogP contribution in [0, 0.1) is 19.7 Å². The molecule has 0 saturated heterocycles. The maximum atomic E-state index is 12.8. The molecule has 1 amide bonds. The lowest BCUT2D eigenvalue weighted by Gasteiger charge is -2.15. The van der Waals surface area contributed by atoms with Crippen LogP contribution in [0.15, 0.2) is 42.5 Å². The molecule has 0 spiro atoms. The topological polar surface area (TPSA) is 38.3 Å². The van der Waals surface area contributed by atoms with Crippen molar-refractivity contribution < 1.29 is 13.9 Å². The molecule has 1 atom stereocenters. The highest BCUT2D eigenvalue weighted by Crippen LogP contribution is 2.17. The summed E-state index contributed by atoms with van der Waals surface area (Å²) in [7, 11) is 0. The van der Waals surface area contributed by atoms with Gasteiger partial charge in [0.05, 0.1) is 0 Å². The molecule has 2 aromatic rings. The molecule has 0 aliphatic rings. The molecule has 0 saturated carbocycles. The van der Waals surface area contributed by atoms with Crippen molar-refractivity contribution in [1.29, 1.82) is 0 Å². The van der Waals surface area contributed by atoms with Gasteiger partial charge in [-0.25, -0.2) is 4.39 Å². The minimum Gasteiger partial charge on any atom is -0.481 e. The lowest BCUT2D eigenvalue weighted by atomic mass is 10.1. The number of amides is 1. The number of rotatable bonds is 6. The molecule has 0 fully saturated rings. The summed E-state index contributed by atoms with van der Waals surface area (Å²) in [6, 6.07) is 12.2. The highest BCUT2D eigenvalue weighted by atomic mass is 19.1. The molecule has 3 nitrogen and oxygen atoms in total. The number of aryl methyl sites for hydroxylation is 2. The van der Waals surface area contributed by atoms with Crippen LogP contribution in [-0.4, -0.2) is 18.6 Å². The van der Waals surface area contributed by atoms with E-state index in [0.29, 0.717) is 18.7 Å². The maximum absolute atomic E-state index is 12.8. The minimum absolute atomic E-state index is 0.161. The third-order valence-corrected chi connectivity index (χ3v) is 3.50. The monoisotopic (exact) mass is 315 g/mol. The van der Waals surface area contributed by atoms with Gasteiger partial charge in [0.2, 0.25) is 0 Å². The van der Waals surface area contributed by atoms with Crippen molar-refractivity contribution in [3.63, 3.8) is 0 Å². The number of hydrogen-bond donors (Lipinski definition) is 1. The molecule has 0 unspecified atom stereocenters. The number of carbonyl (C=O) groups excluding carboxylic acids is 1. The highest BCUT2D eigenvalue weighted by Gasteiger charge is 2.14. The van der Waals surface area contributed by atoms with Crippen molar-refractivity contribution in [3.8, 4) is 5.75 Å². The molecule has 0 aromatic heterocycles. The molecule has 0 aliphatic carbocycles. The number of carbonyl (C=O) groups is 1. The summed E-state index contributed by atoms with van der Waals surface area (Å²) >= 11 is 0. The smallest absolute Gasteiger partial charge is 0.260 e. The third kappa shape index (κ3) is 5.40. The van der Waals surface area contributed by atoms with Crippen LogP contribution in [0.2, 0.25) is 0 Å². The van der Waals surface area contributed by atoms with Crippen LogP contribution >= 0.6 is 0 Å². The van der Waals surface area contributed by atoms with Crippen LogP contribution in [0.1, 0.15) is 23.6 Å². The second-order valence-corrected chi connectivity index (χ2v) is 5.75. The lowest BCUT2D eigenvalue weighted by molar-refractivity contribution is -0.127. The Kier molecular flexibility index (Phi) is 5.74. The zero-order valence-corrected chi connectivity index (χ0v) is 13.7. The first-order chi connectivity index (χ1) is 10.9.